The smallest absolute Gasteiger partial charge is 0.294 e. The van der Waals surface area contributed by atoms with Crippen molar-refractivity contribution in [2.24, 2.45) is 0 Å². The first kappa shape index (κ1) is 12.0. The number of anilines is 1. The van der Waals surface area contributed by atoms with Crippen molar-refractivity contribution in [1.82, 2.24) is 5.32 Å². The summed E-state index contributed by atoms with van der Waals surface area (Å²) in [6.45, 7) is 3.01. The zero-order valence-corrected chi connectivity index (χ0v) is 9.21. The van der Waals surface area contributed by atoms with E-state index in [1.807, 2.05) is 6.92 Å². The average Bonchev–Trinajstić information content (AvgIpc) is 2.14. The maximum Gasteiger partial charge on any atom is 0.294 e. The van der Waals surface area contributed by atoms with Crippen LogP contribution in [0.25, 0.3) is 0 Å². The molecule has 1 aromatic rings. The highest BCUT2D eigenvalue weighted by atomic mass is 32.2. The molecule has 0 amide bonds. The van der Waals surface area contributed by atoms with Gasteiger partial charge in [-0.05, 0) is 24.2 Å². The van der Waals surface area contributed by atoms with Crippen LogP contribution in [0.3, 0.4) is 0 Å². The van der Waals surface area contributed by atoms with Crippen molar-refractivity contribution < 1.29 is 13.0 Å². The van der Waals surface area contributed by atoms with E-state index < -0.39 is 10.1 Å². The van der Waals surface area contributed by atoms with E-state index >= 15 is 0 Å². The second-order valence-electron chi connectivity index (χ2n) is 3.12. The van der Waals surface area contributed by atoms with Crippen molar-refractivity contribution in [2.75, 3.05) is 12.3 Å². The number of hydrogen-bond acceptors (Lipinski definition) is 4. The fourth-order valence-corrected chi connectivity index (χ4v) is 1.97. The molecule has 0 heterocycles. The Morgan fingerprint density at radius 1 is 1.47 bits per heavy atom. The molecule has 0 bridgehead atoms. The lowest BCUT2D eigenvalue weighted by atomic mass is 10.2. The van der Waals surface area contributed by atoms with Crippen LogP contribution in [0.15, 0.2) is 23.1 Å². The molecule has 0 saturated heterocycles. The van der Waals surface area contributed by atoms with Crippen LogP contribution in [0.4, 0.5) is 5.69 Å². The van der Waals surface area contributed by atoms with Crippen LogP contribution in [0, 0.1) is 0 Å². The Morgan fingerprint density at radius 2 is 2.13 bits per heavy atom. The van der Waals surface area contributed by atoms with Crippen molar-refractivity contribution >= 4 is 15.8 Å². The molecule has 0 atom stereocenters. The van der Waals surface area contributed by atoms with E-state index in [1.165, 1.54) is 6.07 Å². The summed E-state index contributed by atoms with van der Waals surface area (Å²) < 4.78 is 31.1. The molecule has 0 fully saturated rings. The quantitative estimate of drug-likeness (QED) is 0.521. The lowest BCUT2D eigenvalue weighted by Crippen LogP contribution is -2.15. The van der Waals surface area contributed by atoms with Gasteiger partial charge < -0.3 is 11.1 Å². The zero-order valence-electron chi connectivity index (χ0n) is 8.40. The molecule has 84 valence electrons. The largest absolute Gasteiger partial charge is 0.399 e. The van der Waals surface area contributed by atoms with E-state index in [1.54, 1.807) is 12.1 Å². The van der Waals surface area contributed by atoms with Gasteiger partial charge in [0, 0.05) is 12.2 Å². The van der Waals surface area contributed by atoms with Crippen molar-refractivity contribution in [3.05, 3.63) is 23.8 Å². The van der Waals surface area contributed by atoms with Gasteiger partial charge in [-0.15, -0.1) is 0 Å². The third-order valence-corrected chi connectivity index (χ3v) is 2.87. The Kier molecular flexibility index (Phi) is 3.67. The summed E-state index contributed by atoms with van der Waals surface area (Å²) in [5, 5.41) is 2.98. The standard InChI is InChI=1S/C9H14N2O3S/c1-2-11-6-7-3-4-8(10)5-9(7)15(12,13)14/h3-5,11H,2,6,10H2,1H3,(H,12,13,14). The van der Waals surface area contributed by atoms with Crippen LogP contribution in [-0.2, 0) is 16.7 Å². The molecule has 0 radical (unpaired) electrons. The van der Waals surface area contributed by atoms with E-state index in [2.05, 4.69) is 5.32 Å². The first-order valence-corrected chi connectivity index (χ1v) is 5.95. The lowest BCUT2D eigenvalue weighted by Gasteiger charge is -2.08. The number of nitrogens with one attached hydrogen (secondary N) is 1. The highest BCUT2D eigenvalue weighted by Crippen LogP contribution is 2.18. The third kappa shape index (κ3) is 3.19. The molecule has 0 aliphatic carbocycles. The van der Waals surface area contributed by atoms with Crippen LogP contribution in [0.5, 0.6) is 0 Å². The molecule has 4 N–H and O–H groups in total. The van der Waals surface area contributed by atoms with Crippen LogP contribution in [-0.4, -0.2) is 19.5 Å². The van der Waals surface area contributed by atoms with E-state index in [0.717, 1.165) is 6.54 Å². The highest BCUT2D eigenvalue weighted by molar-refractivity contribution is 7.85. The molecule has 1 rings (SSSR count). The topological polar surface area (TPSA) is 92.4 Å². The Bertz CT molecular complexity index is 443. The van der Waals surface area contributed by atoms with Gasteiger partial charge in [0.2, 0.25) is 0 Å². The fourth-order valence-electron chi connectivity index (χ4n) is 1.22. The van der Waals surface area contributed by atoms with Gasteiger partial charge >= 0.3 is 0 Å². The first-order chi connectivity index (χ1) is 6.95. The number of hydrogen-bond donors (Lipinski definition) is 3. The number of nitrogen functional groups attached to an aromatic ring is 1. The molecule has 1 aromatic carbocycles. The molecular weight excluding hydrogens is 216 g/mol. The second kappa shape index (κ2) is 4.61. The normalized spacial score (nSPS) is 11.6. The Labute approximate surface area is 89.0 Å². The first-order valence-electron chi connectivity index (χ1n) is 4.51. The summed E-state index contributed by atoms with van der Waals surface area (Å²) in [4.78, 5) is -0.136. The van der Waals surface area contributed by atoms with E-state index in [9.17, 15) is 8.42 Å². The van der Waals surface area contributed by atoms with Gasteiger partial charge in [0.25, 0.3) is 10.1 Å². The van der Waals surface area contributed by atoms with Gasteiger partial charge in [0.15, 0.2) is 0 Å². The van der Waals surface area contributed by atoms with Gasteiger partial charge in [-0.2, -0.15) is 8.42 Å². The van der Waals surface area contributed by atoms with Crippen molar-refractivity contribution in [1.29, 1.82) is 0 Å². The van der Waals surface area contributed by atoms with E-state index in [0.29, 0.717) is 17.8 Å². The maximum absolute atomic E-state index is 11.0. The number of benzene rings is 1. The van der Waals surface area contributed by atoms with Crippen LogP contribution >= 0.6 is 0 Å². The summed E-state index contributed by atoms with van der Waals surface area (Å²) in [5.41, 5.74) is 6.27. The molecule has 0 aromatic heterocycles. The van der Waals surface area contributed by atoms with E-state index in [4.69, 9.17) is 10.3 Å². The lowest BCUT2D eigenvalue weighted by molar-refractivity contribution is 0.481. The van der Waals surface area contributed by atoms with Gasteiger partial charge in [-0.25, -0.2) is 0 Å². The maximum atomic E-state index is 11.0. The SMILES string of the molecule is CCNCc1ccc(N)cc1S(=O)(=O)O. The fraction of sp³-hybridized carbons (Fsp3) is 0.333. The van der Waals surface area contributed by atoms with Crippen molar-refractivity contribution in [3.63, 3.8) is 0 Å². The molecule has 5 nitrogen and oxygen atoms in total. The molecule has 15 heavy (non-hydrogen) atoms. The second-order valence-corrected chi connectivity index (χ2v) is 4.51. The predicted octanol–water partition coefficient (Wildman–Crippen LogP) is 0.625. The van der Waals surface area contributed by atoms with Gasteiger partial charge in [0.05, 0.1) is 0 Å². The Morgan fingerprint density at radius 3 is 2.67 bits per heavy atom. The molecule has 6 heteroatoms. The molecule has 0 aliphatic rings. The molecule has 0 spiro atoms. The number of nitrogens with two attached hydrogens (primary N) is 1. The monoisotopic (exact) mass is 230 g/mol. The van der Waals surface area contributed by atoms with Crippen molar-refractivity contribution in [3.8, 4) is 0 Å². The Hall–Kier alpha value is -1.11. The zero-order chi connectivity index (χ0) is 11.5. The van der Waals surface area contributed by atoms with Crippen molar-refractivity contribution in [2.45, 2.75) is 18.4 Å². The predicted molar refractivity (Wildman–Crippen MR) is 58.0 cm³/mol. The minimum absolute atomic E-state index is 0.136. The van der Waals surface area contributed by atoms with Crippen LogP contribution in [0.1, 0.15) is 12.5 Å². The highest BCUT2D eigenvalue weighted by Gasteiger charge is 2.15. The summed E-state index contributed by atoms with van der Waals surface area (Å²) >= 11 is 0. The molecule has 0 aliphatic heterocycles. The summed E-state index contributed by atoms with van der Waals surface area (Å²) in [6, 6.07) is 4.43. The summed E-state index contributed by atoms with van der Waals surface area (Å²) in [6.07, 6.45) is 0. The summed E-state index contributed by atoms with van der Waals surface area (Å²) in [5.74, 6) is 0. The average molecular weight is 230 g/mol. The molecule has 0 saturated carbocycles. The summed E-state index contributed by atoms with van der Waals surface area (Å²) in [7, 11) is -4.21. The Balaban J connectivity index is 3.15. The van der Waals surface area contributed by atoms with E-state index in [-0.39, 0.29) is 4.90 Å². The minimum Gasteiger partial charge on any atom is -0.399 e. The van der Waals surface area contributed by atoms with Gasteiger partial charge in [-0.3, -0.25) is 4.55 Å². The van der Waals surface area contributed by atoms with Gasteiger partial charge in [0.1, 0.15) is 4.90 Å². The third-order valence-electron chi connectivity index (χ3n) is 1.93. The molecular formula is C9H14N2O3S. The minimum atomic E-state index is -4.21. The van der Waals surface area contributed by atoms with Crippen LogP contribution in [0.2, 0.25) is 0 Å². The van der Waals surface area contributed by atoms with Crippen LogP contribution < -0.4 is 11.1 Å². The molecule has 0 unspecified atom stereocenters. The number of rotatable bonds is 4. The van der Waals surface area contributed by atoms with Gasteiger partial charge in [-0.1, -0.05) is 13.0 Å².